The molecule has 1 N–H and O–H groups in total. The topological polar surface area (TPSA) is 37.8 Å². The van der Waals surface area contributed by atoms with E-state index in [0.717, 1.165) is 21.4 Å². The summed E-state index contributed by atoms with van der Waals surface area (Å²) in [6.07, 6.45) is 0. The summed E-state index contributed by atoms with van der Waals surface area (Å²) in [5.74, 6) is 0. The van der Waals surface area contributed by atoms with E-state index in [4.69, 9.17) is 0 Å². The molecule has 2 aromatic rings. The molecule has 0 fully saturated rings. The molecule has 86 valence electrons. The van der Waals surface area contributed by atoms with Crippen LogP contribution in [0.3, 0.4) is 0 Å². The zero-order valence-corrected chi connectivity index (χ0v) is 11.5. The van der Waals surface area contributed by atoms with Crippen molar-refractivity contribution in [3.63, 3.8) is 0 Å². The lowest BCUT2D eigenvalue weighted by atomic mass is 10.2. The van der Waals surface area contributed by atoms with Crippen LogP contribution in [-0.4, -0.2) is 17.0 Å². The molecule has 0 aliphatic heterocycles. The van der Waals surface area contributed by atoms with Gasteiger partial charge in [-0.1, -0.05) is 0 Å². The van der Waals surface area contributed by atoms with Crippen molar-refractivity contribution in [2.75, 3.05) is 7.05 Å². The third kappa shape index (κ3) is 2.16. The molecule has 0 aromatic carbocycles. The average molecular weight is 253 g/mol. The number of aryl methyl sites for hydroxylation is 3. The van der Waals surface area contributed by atoms with E-state index in [0.29, 0.717) is 0 Å². The molecule has 0 aliphatic carbocycles. The van der Waals surface area contributed by atoms with Gasteiger partial charge >= 0.3 is 0 Å². The molecule has 0 saturated heterocycles. The minimum absolute atomic E-state index is 0.127. The van der Waals surface area contributed by atoms with Gasteiger partial charge in [-0.15, -0.1) is 22.7 Å². The number of aromatic nitrogens is 2. The van der Waals surface area contributed by atoms with Crippen LogP contribution in [0.15, 0.2) is 5.38 Å². The van der Waals surface area contributed by atoms with Crippen LogP contribution < -0.4 is 5.32 Å². The summed E-state index contributed by atoms with van der Waals surface area (Å²) in [5.41, 5.74) is 2.19. The zero-order valence-electron chi connectivity index (χ0n) is 9.87. The Hall–Kier alpha value is -0.780. The first-order valence-corrected chi connectivity index (χ1v) is 6.84. The van der Waals surface area contributed by atoms with Crippen LogP contribution in [0.4, 0.5) is 0 Å². The fourth-order valence-corrected chi connectivity index (χ4v) is 3.22. The van der Waals surface area contributed by atoms with Gasteiger partial charge in [-0.3, -0.25) is 0 Å². The monoisotopic (exact) mass is 253 g/mol. The van der Waals surface area contributed by atoms with E-state index >= 15 is 0 Å². The van der Waals surface area contributed by atoms with Crippen molar-refractivity contribution in [1.29, 1.82) is 0 Å². The van der Waals surface area contributed by atoms with Gasteiger partial charge in [-0.25, -0.2) is 9.97 Å². The van der Waals surface area contributed by atoms with Crippen molar-refractivity contribution < 1.29 is 0 Å². The molecule has 16 heavy (non-hydrogen) atoms. The van der Waals surface area contributed by atoms with Gasteiger partial charge in [0.15, 0.2) is 0 Å². The maximum Gasteiger partial charge on any atom is 0.116 e. The fourth-order valence-electron chi connectivity index (χ4n) is 1.53. The standard InChI is InChI=1S/C11H15N3S2/c1-6-7(2)16-11(13-6)10(12-4)9-5-15-8(3)14-9/h5,10,12H,1-4H3. The summed E-state index contributed by atoms with van der Waals surface area (Å²) in [7, 11) is 1.95. The summed E-state index contributed by atoms with van der Waals surface area (Å²) < 4.78 is 0. The Balaban J connectivity index is 2.36. The minimum Gasteiger partial charge on any atom is -0.306 e. The lowest BCUT2D eigenvalue weighted by Gasteiger charge is -2.09. The van der Waals surface area contributed by atoms with Gasteiger partial charge in [-0.05, 0) is 27.8 Å². The van der Waals surface area contributed by atoms with Crippen LogP contribution in [-0.2, 0) is 0 Å². The van der Waals surface area contributed by atoms with E-state index in [2.05, 4.69) is 27.6 Å². The van der Waals surface area contributed by atoms with Crippen molar-refractivity contribution in [3.8, 4) is 0 Å². The highest BCUT2D eigenvalue weighted by Gasteiger charge is 2.19. The first-order chi connectivity index (χ1) is 7.61. The Labute approximate surface area is 104 Å². The highest BCUT2D eigenvalue weighted by Crippen LogP contribution is 2.28. The number of hydrogen-bond acceptors (Lipinski definition) is 5. The van der Waals surface area contributed by atoms with Gasteiger partial charge in [0, 0.05) is 10.3 Å². The van der Waals surface area contributed by atoms with E-state index in [1.165, 1.54) is 4.88 Å². The van der Waals surface area contributed by atoms with Gasteiger partial charge in [0.05, 0.1) is 16.4 Å². The van der Waals surface area contributed by atoms with Crippen LogP contribution >= 0.6 is 22.7 Å². The molecule has 3 nitrogen and oxygen atoms in total. The molecule has 2 aromatic heterocycles. The third-order valence-corrected chi connectivity index (χ3v) is 4.44. The molecule has 5 heteroatoms. The Morgan fingerprint density at radius 1 is 1.25 bits per heavy atom. The van der Waals surface area contributed by atoms with Gasteiger partial charge in [0.25, 0.3) is 0 Å². The minimum atomic E-state index is 0.127. The van der Waals surface area contributed by atoms with E-state index in [9.17, 15) is 0 Å². The Bertz CT molecular complexity index is 468. The molecule has 0 radical (unpaired) electrons. The summed E-state index contributed by atoms with van der Waals surface area (Å²) in [6, 6.07) is 0.127. The number of nitrogens with zero attached hydrogens (tertiary/aromatic N) is 2. The average Bonchev–Trinajstić information content (AvgIpc) is 2.77. The largest absolute Gasteiger partial charge is 0.306 e. The summed E-state index contributed by atoms with van der Waals surface area (Å²) in [4.78, 5) is 10.4. The SMILES string of the molecule is CNC(c1csc(C)n1)c1nc(C)c(C)s1. The second kappa shape index (κ2) is 4.61. The van der Waals surface area contributed by atoms with Crippen molar-refractivity contribution in [2.45, 2.75) is 26.8 Å². The Kier molecular flexibility index (Phi) is 3.37. The van der Waals surface area contributed by atoms with Crippen molar-refractivity contribution in [3.05, 3.63) is 31.7 Å². The van der Waals surface area contributed by atoms with Crippen LogP contribution in [0.5, 0.6) is 0 Å². The van der Waals surface area contributed by atoms with Crippen LogP contribution in [0.25, 0.3) is 0 Å². The molecule has 0 bridgehead atoms. The normalized spacial score (nSPS) is 13.0. The van der Waals surface area contributed by atoms with Gasteiger partial charge in [-0.2, -0.15) is 0 Å². The molecule has 1 atom stereocenters. The van der Waals surface area contributed by atoms with Gasteiger partial charge < -0.3 is 5.32 Å². The maximum atomic E-state index is 4.59. The van der Waals surface area contributed by atoms with E-state index in [-0.39, 0.29) is 6.04 Å². The molecule has 0 aliphatic rings. The molecule has 2 rings (SSSR count). The fraction of sp³-hybridized carbons (Fsp3) is 0.455. The second-order valence-corrected chi connectivity index (χ2v) is 6.00. The molecule has 0 spiro atoms. The highest BCUT2D eigenvalue weighted by atomic mass is 32.1. The zero-order chi connectivity index (χ0) is 11.7. The quantitative estimate of drug-likeness (QED) is 0.914. The van der Waals surface area contributed by atoms with E-state index in [1.54, 1.807) is 22.7 Å². The molecule has 0 saturated carbocycles. The predicted molar refractivity (Wildman–Crippen MR) is 69.3 cm³/mol. The lowest BCUT2D eigenvalue weighted by molar-refractivity contribution is 0.667. The molecular formula is C11H15N3S2. The van der Waals surface area contributed by atoms with Crippen molar-refractivity contribution in [1.82, 2.24) is 15.3 Å². The van der Waals surface area contributed by atoms with Crippen LogP contribution in [0.2, 0.25) is 0 Å². The van der Waals surface area contributed by atoms with Gasteiger partial charge in [0.1, 0.15) is 11.0 Å². The second-order valence-electron chi connectivity index (χ2n) is 3.71. The van der Waals surface area contributed by atoms with E-state index < -0.39 is 0 Å². The molecule has 2 heterocycles. The third-order valence-electron chi connectivity index (χ3n) is 2.51. The number of rotatable bonds is 3. The van der Waals surface area contributed by atoms with E-state index in [1.807, 2.05) is 20.9 Å². The number of thiazole rings is 2. The number of hydrogen-bond donors (Lipinski definition) is 1. The van der Waals surface area contributed by atoms with Crippen molar-refractivity contribution >= 4 is 22.7 Å². The Morgan fingerprint density at radius 2 is 2.00 bits per heavy atom. The first kappa shape index (κ1) is 11.7. The number of nitrogens with one attached hydrogen (secondary N) is 1. The first-order valence-electron chi connectivity index (χ1n) is 5.15. The Morgan fingerprint density at radius 3 is 2.44 bits per heavy atom. The summed E-state index contributed by atoms with van der Waals surface area (Å²) in [6.45, 7) is 6.18. The summed E-state index contributed by atoms with van der Waals surface area (Å²) in [5, 5.41) is 7.58. The van der Waals surface area contributed by atoms with Crippen LogP contribution in [0, 0.1) is 20.8 Å². The molecule has 0 amide bonds. The highest BCUT2D eigenvalue weighted by molar-refractivity contribution is 7.11. The molecule has 1 unspecified atom stereocenters. The molecular weight excluding hydrogens is 238 g/mol. The van der Waals surface area contributed by atoms with Crippen LogP contribution in [0.1, 0.15) is 32.3 Å². The maximum absolute atomic E-state index is 4.59. The van der Waals surface area contributed by atoms with Gasteiger partial charge in [0.2, 0.25) is 0 Å². The smallest absolute Gasteiger partial charge is 0.116 e. The summed E-state index contributed by atoms with van der Waals surface area (Å²) >= 11 is 3.42. The lowest BCUT2D eigenvalue weighted by Crippen LogP contribution is -2.17. The van der Waals surface area contributed by atoms with Crippen molar-refractivity contribution in [2.24, 2.45) is 0 Å². The predicted octanol–water partition coefficient (Wildman–Crippen LogP) is 2.83.